The predicted octanol–water partition coefficient (Wildman–Crippen LogP) is 3.92. The molecule has 2 aromatic carbocycles. The summed E-state index contributed by atoms with van der Waals surface area (Å²) in [5.41, 5.74) is 2.59. The van der Waals surface area contributed by atoms with E-state index in [1.165, 1.54) is 6.26 Å². The number of aromatic amines is 1. The predicted molar refractivity (Wildman–Crippen MR) is 126 cm³/mol. The quantitative estimate of drug-likeness (QED) is 0.435. The van der Waals surface area contributed by atoms with E-state index >= 15 is 0 Å². The summed E-state index contributed by atoms with van der Waals surface area (Å²) in [4.78, 5) is 31.6. The molecule has 1 atom stereocenters. The molecule has 0 spiro atoms. The van der Waals surface area contributed by atoms with Gasteiger partial charge in [-0.2, -0.15) is 0 Å². The number of carboxylic acid groups (broad SMARTS) is 1. The summed E-state index contributed by atoms with van der Waals surface area (Å²) in [6, 6.07) is 18.1. The Balaban J connectivity index is 1.30. The van der Waals surface area contributed by atoms with Gasteiger partial charge in [-0.05, 0) is 29.8 Å². The summed E-state index contributed by atoms with van der Waals surface area (Å²) >= 11 is 0. The van der Waals surface area contributed by atoms with Crippen LogP contribution in [0.25, 0.3) is 10.9 Å². The Hall–Kier alpha value is -4.04. The Labute approximate surface area is 196 Å². The number of piperazine rings is 1. The third kappa shape index (κ3) is 4.40. The van der Waals surface area contributed by atoms with Gasteiger partial charge in [0.15, 0.2) is 5.76 Å². The molecule has 174 valence electrons. The summed E-state index contributed by atoms with van der Waals surface area (Å²) < 4.78 is 11.1. The van der Waals surface area contributed by atoms with Gasteiger partial charge in [-0.3, -0.25) is 14.5 Å². The minimum Gasteiger partial charge on any atom is -0.489 e. The average Bonchev–Trinajstić information content (AvgIpc) is 3.54. The van der Waals surface area contributed by atoms with Crippen molar-refractivity contribution in [3.05, 3.63) is 90.0 Å². The standard InChI is InChI=1S/C26H25N3O5/c30-25(23-7-4-14-33-23)29-12-10-28(11-13-29)24(26(31)32)21-16-27-22-15-19(8-9-20(21)22)34-17-18-5-2-1-3-6-18/h1-9,14-16,24,27H,10-13,17H2,(H,31,32)/t24-/m1/s1. The average molecular weight is 460 g/mol. The second kappa shape index (κ2) is 9.44. The first-order valence-corrected chi connectivity index (χ1v) is 11.2. The summed E-state index contributed by atoms with van der Waals surface area (Å²) in [5, 5.41) is 10.9. The lowest BCUT2D eigenvalue weighted by Crippen LogP contribution is -2.50. The highest BCUT2D eigenvalue weighted by Crippen LogP contribution is 2.32. The largest absolute Gasteiger partial charge is 0.489 e. The molecule has 4 aromatic rings. The van der Waals surface area contributed by atoms with E-state index in [4.69, 9.17) is 9.15 Å². The maximum atomic E-state index is 12.5. The number of carbonyl (C=O) groups is 2. The number of nitrogens with zero attached hydrogens (tertiary/aromatic N) is 2. The normalized spacial score (nSPS) is 15.4. The Morgan fingerprint density at radius 1 is 1.03 bits per heavy atom. The first-order chi connectivity index (χ1) is 16.6. The maximum Gasteiger partial charge on any atom is 0.325 e. The van der Waals surface area contributed by atoms with Crippen molar-refractivity contribution in [2.75, 3.05) is 26.2 Å². The van der Waals surface area contributed by atoms with Crippen LogP contribution in [0, 0.1) is 0 Å². The van der Waals surface area contributed by atoms with Gasteiger partial charge in [0.2, 0.25) is 0 Å². The number of carboxylic acids is 1. The minimum absolute atomic E-state index is 0.174. The SMILES string of the molecule is O=C(O)[C@@H](c1c[nH]c2cc(OCc3ccccc3)ccc12)N1CCN(C(=O)c2ccco2)CC1. The summed E-state index contributed by atoms with van der Waals surface area (Å²) in [7, 11) is 0. The van der Waals surface area contributed by atoms with Gasteiger partial charge in [-0.1, -0.05) is 30.3 Å². The molecule has 3 heterocycles. The molecule has 8 heteroatoms. The third-order valence-corrected chi connectivity index (χ3v) is 6.16. The number of hydrogen-bond acceptors (Lipinski definition) is 5. The number of amides is 1. The van der Waals surface area contributed by atoms with Crippen molar-refractivity contribution < 1.29 is 23.8 Å². The minimum atomic E-state index is -0.920. The molecule has 34 heavy (non-hydrogen) atoms. The third-order valence-electron chi connectivity index (χ3n) is 6.16. The van der Waals surface area contributed by atoms with Crippen molar-refractivity contribution in [3.63, 3.8) is 0 Å². The van der Waals surface area contributed by atoms with E-state index in [0.29, 0.717) is 49.9 Å². The number of H-pyrrole nitrogens is 1. The molecule has 1 aliphatic heterocycles. The Bertz CT molecular complexity index is 1270. The van der Waals surface area contributed by atoms with E-state index in [9.17, 15) is 14.7 Å². The lowest BCUT2D eigenvalue weighted by Gasteiger charge is -2.37. The Morgan fingerprint density at radius 2 is 1.82 bits per heavy atom. The molecule has 0 saturated carbocycles. The molecule has 2 N–H and O–H groups in total. The molecule has 5 rings (SSSR count). The number of hydrogen-bond donors (Lipinski definition) is 2. The van der Waals surface area contributed by atoms with E-state index in [1.54, 1.807) is 23.2 Å². The van der Waals surface area contributed by atoms with Crippen LogP contribution < -0.4 is 4.74 Å². The van der Waals surface area contributed by atoms with Crippen LogP contribution in [-0.4, -0.2) is 57.9 Å². The van der Waals surface area contributed by atoms with Crippen LogP contribution in [0.1, 0.15) is 27.7 Å². The Kier molecular flexibility index (Phi) is 6.05. The number of ether oxygens (including phenoxy) is 1. The van der Waals surface area contributed by atoms with Gasteiger partial charge in [0.25, 0.3) is 5.91 Å². The van der Waals surface area contributed by atoms with Crippen LogP contribution in [0.2, 0.25) is 0 Å². The fraction of sp³-hybridized carbons (Fsp3) is 0.231. The van der Waals surface area contributed by atoms with Crippen molar-refractivity contribution in [2.24, 2.45) is 0 Å². The van der Waals surface area contributed by atoms with Crippen LogP contribution in [0.4, 0.5) is 0 Å². The van der Waals surface area contributed by atoms with Crippen molar-refractivity contribution in [1.82, 2.24) is 14.8 Å². The molecule has 0 aliphatic carbocycles. The molecule has 8 nitrogen and oxygen atoms in total. The Morgan fingerprint density at radius 3 is 2.53 bits per heavy atom. The molecule has 0 unspecified atom stereocenters. The van der Waals surface area contributed by atoms with Gasteiger partial charge in [0, 0.05) is 54.9 Å². The highest BCUT2D eigenvalue weighted by molar-refractivity contribution is 5.92. The number of fused-ring (bicyclic) bond motifs is 1. The zero-order chi connectivity index (χ0) is 23.5. The topological polar surface area (TPSA) is 99.0 Å². The number of aromatic nitrogens is 1. The van der Waals surface area contributed by atoms with Gasteiger partial charge in [0.1, 0.15) is 18.4 Å². The number of rotatable bonds is 7. The zero-order valence-corrected chi connectivity index (χ0v) is 18.5. The van der Waals surface area contributed by atoms with Crippen molar-refractivity contribution in [2.45, 2.75) is 12.6 Å². The number of benzene rings is 2. The van der Waals surface area contributed by atoms with Crippen LogP contribution in [-0.2, 0) is 11.4 Å². The molecule has 1 saturated heterocycles. The van der Waals surface area contributed by atoms with E-state index in [1.807, 2.05) is 53.4 Å². The van der Waals surface area contributed by atoms with Crippen LogP contribution in [0.3, 0.4) is 0 Å². The van der Waals surface area contributed by atoms with Gasteiger partial charge in [-0.15, -0.1) is 0 Å². The first-order valence-electron chi connectivity index (χ1n) is 11.2. The molecule has 0 radical (unpaired) electrons. The van der Waals surface area contributed by atoms with Gasteiger partial charge < -0.3 is 24.1 Å². The lowest BCUT2D eigenvalue weighted by molar-refractivity contribution is -0.144. The van der Waals surface area contributed by atoms with Crippen molar-refractivity contribution in [3.8, 4) is 5.75 Å². The van der Waals surface area contributed by atoms with Gasteiger partial charge in [0.05, 0.1) is 6.26 Å². The lowest BCUT2D eigenvalue weighted by atomic mass is 10.0. The number of nitrogens with one attached hydrogen (secondary N) is 1. The van der Waals surface area contributed by atoms with Crippen molar-refractivity contribution >= 4 is 22.8 Å². The molecule has 1 aliphatic rings. The smallest absolute Gasteiger partial charge is 0.325 e. The van der Waals surface area contributed by atoms with E-state index < -0.39 is 12.0 Å². The van der Waals surface area contributed by atoms with E-state index in [-0.39, 0.29) is 5.91 Å². The number of furan rings is 1. The molecular formula is C26H25N3O5. The zero-order valence-electron chi connectivity index (χ0n) is 18.5. The first kappa shape index (κ1) is 21.8. The van der Waals surface area contributed by atoms with Crippen LogP contribution >= 0.6 is 0 Å². The number of aliphatic carboxylic acids is 1. The highest BCUT2D eigenvalue weighted by Gasteiger charge is 2.33. The van der Waals surface area contributed by atoms with Gasteiger partial charge >= 0.3 is 5.97 Å². The van der Waals surface area contributed by atoms with Crippen LogP contribution in [0.5, 0.6) is 5.75 Å². The molecule has 0 bridgehead atoms. The monoisotopic (exact) mass is 459 g/mol. The van der Waals surface area contributed by atoms with E-state index in [2.05, 4.69) is 4.98 Å². The maximum absolute atomic E-state index is 12.5. The summed E-state index contributed by atoms with van der Waals surface area (Å²) in [5.74, 6) is -0.0883. The van der Waals surface area contributed by atoms with E-state index in [0.717, 1.165) is 16.5 Å². The summed E-state index contributed by atoms with van der Waals surface area (Å²) in [6.45, 7) is 2.23. The second-order valence-electron chi connectivity index (χ2n) is 8.27. The summed E-state index contributed by atoms with van der Waals surface area (Å²) in [6.07, 6.45) is 3.23. The fourth-order valence-corrected chi connectivity index (χ4v) is 4.41. The fourth-order valence-electron chi connectivity index (χ4n) is 4.41. The molecule has 1 fully saturated rings. The number of carbonyl (C=O) groups excluding carboxylic acids is 1. The van der Waals surface area contributed by atoms with Crippen molar-refractivity contribution in [1.29, 1.82) is 0 Å². The molecule has 2 aromatic heterocycles. The van der Waals surface area contributed by atoms with Gasteiger partial charge in [-0.25, -0.2) is 0 Å². The molecular weight excluding hydrogens is 434 g/mol. The second-order valence-corrected chi connectivity index (χ2v) is 8.27. The van der Waals surface area contributed by atoms with Crippen LogP contribution in [0.15, 0.2) is 77.5 Å². The highest BCUT2D eigenvalue weighted by atomic mass is 16.5. The molecule has 1 amide bonds.